The van der Waals surface area contributed by atoms with Crippen LogP contribution in [0.25, 0.3) is 0 Å². The second-order valence-corrected chi connectivity index (χ2v) is 6.67. The summed E-state index contributed by atoms with van der Waals surface area (Å²) in [7, 11) is 0. The van der Waals surface area contributed by atoms with Gasteiger partial charge in [-0.15, -0.1) is 0 Å². The van der Waals surface area contributed by atoms with Crippen molar-refractivity contribution >= 4 is 0 Å². The summed E-state index contributed by atoms with van der Waals surface area (Å²) in [6.45, 7) is 11.9. The van der Waals surface area contributed by atoms with E-state index < -0.39 is 0 Å². The molecule has 0 aliphatic carbocycles. The zero-order valence-corrected chi connectivity index (χ0v) is 13.8. The summed E-state index contributed by atoms with van der Waals surface area (Å²) in [5.74, 6) is 0. The van der Waals surface area contributed by atoms with Crippen LogP contribution in [0.2, 0.25) is 0 Å². The van der Waals surface area contributed by atoms with E-state index in [9.17, 15) is 0 Å². The number of rotatable bonds is 8. The highest BCUT2D eigenvalue weighted by molar-refractivity contribution is 4.78. The molecule has 19 heavy (non-hydrogen) atoms. The molecule has 1 heterocycles. The Balaban J connectivity index is 2.17. The minimum absolute atomic E-state index is 0.701. The van der Waals surface area contributed by atoms with Crippen LogP contribution in [0.15, 0.2) is 0 Å². The van der Waals surface area contributed by atoms with Gasteiger partial charge < -0.3 is 10.2 Å². The van der Waals surface area contributed by atoms with E-state index >= 15 is 0 Å². The van der Waals surface area contributed by atoms with Gasteiger partial charge in [0.05, 0.1) is 0 Å². The largest absolute Gasteiger partial charge is 0.311 e. The molecular weight excluding hydrogens is 232 g/mol. The summed E-state index contributed by atoms with van der Waals surface area (Å²) in [4.78, 5) is 2.63. The molecule has 0 aromatic rings. The van der Waals surface area contributed by atoms with Crippen molar-refractivity contribution in [1.29, 1.82) is 0 Å². The van der Waals surface area contributed by atoms with Crippen LogP contribution in [0.5, 0.6) is 0 Å². The molecule has 0 saturated carbocycles. The smallest absolute Gasteiger partial charge is 0.00821 e. The van der Waals surface area contributed by atoms with E-state index in [0.717, 1.165) is 6.04 Å². The monoisotopic (exact) mass is 268 g/mol. The molecule has 1 N–H and O–H groups in total. The fraction of sp³-hybridized carbons (Fsp3) is 1.00. The summed E-state index contributed by atoms with van der Waals surface area (Å²) >= 11 is 0. The van der Waals surface area contributed by atoms with Crippen LogP contribution in [0.3, 0.4) is 0 Å². The lowest BCUT2D eigenvalue weighted by Crippen LogP contribution is -2.38. The van der Waals surface area contributed by atoms with Gasteiger partial charge in [0.1, 0.15) is 0 Å². The molecular formula is C17H36N2. The van der Waals surface area contributed by atoms with E-state index in [0.29, 0.717) is 12.1 Å². The SMILES string of the molecule is CCCCCCC(C)NC1CCCN(C(C)C)CC1. The summed E-state index contributed by atoms with van der Waals surface area (Å²) in [5.41, 5.74) is 0. The molecule has 0 bridgehead atoms. The average Bonchev–Trinajstić information content (AvgIpc) is 2.60. The molecule has 1 rings (SSSR count). The quantitative estimate of drug-likeness (QED) is 0.664. The standard InChI is InChI=1S/C17H36N2/c1-5-6-7-8-10-16(4)18-17-11-9-13-19(14-12-17)15(2)3/h15-18H,5-14H2,1-4H3. The lowest BCUT2D eigenvalue weighted by molar-refractivity contribution is 0.228. The maximum atomic E-state index is 3.87. The minimum Gasteiger partial charge on any atom is -0.311 e. The van der Waals surface area contributed by atoms with Crippen LogP contribution in [0.1, 0.15) is 79.1 Å². The Labute approximate surface area is 121 Å². The van der Waals surface area contributed by atoms with Gasteiger partial charge >= 0.3 is 0 Å². The van der Waals surface area contributed by atoms with Crippen molar-refractivity contribution in [2.75, 3.05) is 13.1 Å². The highest BCUT2D eigenvalue weighted by Gasteiger charge is 2.19. The Morgan fingerprint density at radius 2 is 1.84 bits per heavy atom. The van der Waals surface area contributed by atoms with Gasteiger partial charge in [0.2, 0.25) is 0 Å². The minimum atomic E-state index is 0.701. The second-order valence-electron chi connectivity index (χ2n) is 6.67. The van der Waals surface area contributed by atoms with Crippen LogP contribution in [0.4, 0.5) is 0 Å². The third-order valence-corrected chi connectivity index (χ3v) is 4.50. The van der Waals surface area contributed by atoms with Gasteiger partial charge in [-0.2, -0.15) is 0 Å². The van der Waals surface area contributed by atoms with Crippen molar-refractivity contribution in [3.8, 4) is 0 Å². The van der Waals surface area contributed by atoms with Crippen molar-refractivity contribution in [2.24, 2.45) is 0 Å². The molecule has 0 aromatic carbocycles. The molecule has 2 nitrogen and oxygen atoms in total. The van der Waals surface area contributed by atoms with Crippen molar-refractivity contribution in [3.05, 3.63) is 0 Å². The van der Waals surface area contributed by atoms with E-state index in [1.54, 1.807) is 0 Å². The van der Waals surface area contributed by atoms with Gasteiger partial charge in [-0.05, 0) is 59.5 Å². The average molecular weight is 268 g/mol. The van der Waals surface area contributed by atoms with Crippen LogP contribution >= 0.6 is 0 Å². The van der Waals surface area contributed by atoms with Crippen molar-refractivity contribution in [1.82, 2.24) is 10.2 Å². The zero-order chi connectivity index (χ0) is 14.1. The van der Waals surface area contributed by atoms with Crippen LogP contribution in [0, 0.1) is 0 Å². The maximum Gasteiger partial charge on any atom is 0.00821 e. The van der Waals surface area contributed by atoms with Crippen LogP contribution < -0.4 is 5.32 Å². The molecule has 1 fully saturated rings. The molecule has 2 heteroatoms. The fourth-order valence-electron chi connectivity index (χ4n) is 3.16. The second kappa shape index (κ2) is 9.77. The molecule has 1 saturated heterocycles. The van der Waals surface area contributed by atoms with Crippen molar-refractivity contribution < 1.29 is 0 Å². The van der Waals surface area contributed by atoms with Gasteiger partial charge in [-0.1, -0.05) is 32.6 Å². The third-order valence-electron chi connectivity index (χ3n) is 4.50. The summed E-state index contributed by atoms with van der Waals surface area (Å²) in [6, 6.07) is 2.17. The first kappa shape index (κ1) is 17.0. The number of unbranched alkanes of at least 4 members (excludes halogenated alkanes) is 3. The molecule has 2 atom stereocenters. The van der Waals surface area contributed by atoms with Crippen molar-refractivity contribution in [2.45, 2.75) is 97.2 Å². The number of nitrogens with zero attached hydrogens (tertiary/aromatic N) is 1. The van der Waals surface area contributed by atoms with E-state index in [1.165, 1.54) is 64.5 Å². The lowest BCUT2D eigenvalue weighted by Gasteiger charge is -2.25. The molecule has 0 amide bonds. The Kier molecular flexibility index (Phi) is 8.72. The van der Waals surface area contributed by atoms with Crippen LogP contribution in [-0.4, -0.2) is 36.1 Å². The van der Waals surface area contributed by atoms with Gasteiger partial charge in [0, 0.05) is 18.1 Å². The maximum absolute atomic E-state index is 3.87. The fourth-order valence-corrected chi connectivity index (χ4v) is 3.16. The molecule has 2 unspecified atom stereocenters. The third kappa shape index (κ3) is 7.31. The molecule has 0 spiro atoms. The first-order valence-electron chi connectivity index (χ1n) is 8.63. The van der Waals surface area contributed by atoms with E-state index in [1.807, 2.05) is 0 Å². The van der Waals surface area contributed by atoms with Gasteiger partial charge in [-0.25, -0.2) is 0 Å². The predicted molar refractivity (Wildman–Crippen MR) is 85.7 cm³/mol. The summed E-state index contributed by atoms with van der Waals surface area (Å²) in [6.07, 6.45) is 11.0. The first-order valence-corrected chi connectivity index (χ1v) is 8.63. The number of hydrogen-bond acceptors (Lipinski definition) is 2. The normalized spacial score (nSPS) is 23.5. The van der Waals surface area contributed by atoms with Gasteiger partial charge in [0.25, 0.3) is 0 Å². The molecule has 1 aliphatic rings. The van der Waals surface area contributed by atoms with Crippen LogP contribution in [-0.2, 0) is 0 Å². The van der Waals surface area contributed by atoms with E-state index in [-0.39, 0.29) is 0 Å². The number of nitrogens with one attached hydrogen (secondary N) is 1. The van der Waals surface area contributed by atoms with Gasteiger partial charge in [0.15, 0.2) is 0 Å². The Morgan fingerprint density at radius 1 is 1.05 bits per heavy atom. The zero-order valence-electron chi connectivity index (χ0n) is 13.8. The molecule has 114 valence electrons. The molecule has 0 radical (unpaired) electrons. The lowest BCUT2D eigenvalue weighted by atomic mass is 10.0. The topological polar surface area (TPSA) is 15.3 Å². The van der Waals surface area contributed by atoms with E-state index in [2.05, 4.69) is 37.9 Å². The Hall–Kier alpha value is -0.0800. The highest BCUT2D eigenvalue weighted by atomic mass is 15.1. The Bertz CT molecular complexity index is 215. The predicted octanol–water partition coefficient (Wildman–Crippen LogP) is 4.20. The summed E-state index contributed by atoms with van der Waals surface area (Å²) in [5, 5.41) is 3.87. The molecule has 0 aromatic heterocycles. The number of hydrogen-bond donors (Lipinski definition) is 1. The summed E-state index contributed by atoms with van der Waals surface area (Å²) < 4.78 is 0. The van der Waals surface area contributed by atoms with E-state index in [4.69, 9.17) is 0 Å². The van der Waals surface area contributed by atoms with Gasteiger partial charge in [-0.3, -0.25) is 0 Å². The van der Waals surface area contributed by atoms with Crippen molar-refractivity contribution in [3.63, 3.8) is 0 Å². The Morgan fingerprint density at radius 3 is 2.53 bits per heavy atom. The first-order chi connectivity index (χ1) is 9.13. The number of likely N-dealkylation sites (tertiary alicyclic amines) is 1. The molecule has 1 aliphatic heterocycles. The highest BCUT2D eigenvalue weighted by Crippen LogP contribution is 2.15.